The molecule has 0 saturated carbocycles. The highest BCUT2D eigenvalue weighted by molar-refractivity contribution is 14.1. The molecule has 4 rings (SSSR count). The third-order valence-corrected chi connectivity index (χ3v) is 6.49. The van der Waals surface area contributed by atoms with E-state index in [9.17, 15) is 10.1 Å². The van der Waals surface area contributed by atoms with E-state index in [1.54, 1.807) is 4.90 Å². The Balaban J connectivity index is 1.44. The maximum Gasteiger partial charge on any atom is 0.266 e. The van der Waals surface area contributed by atoms with Crippen LogP contribution in [-0.2, 0) is 4.79 Å². The van der Waals surface area contributed by atoms with Crippen molar-refractivity contribution >= 4 is 34.2 Å². The first-order valence-corrected chi connectivity index (χ1v) is 12.0. The summed E-state index contributed by atoms with van der Waals surface area (Å²) in [6.45, 7) is 2.64. The summed E-state index contributed by atoms with van der Waals surface area (Å²) in [6.07, 6.45) is 1.51. The van der Waals surface area contributed by atoms with Gasteiger partial charge in [0.25, 0.3) is 5.91 Å². The van der Waals surface area contributed by atoms with Gasteiger partial charge in [-0.05, 0) is 58.0 Å². The maximum absolute atomic E-state index is 13.0. The molecule has 33 heavy (non-hydrogen) atoms. The van der Waals surface area contributed by atoms with Crippen LogP contribution in [0.4, 0.5) is 5.69 Å². The van der Waals surface area contributed by atoms with Gasteiger partial charge in [0.1, 0.15) is 11.6 Å². The molecule has 0 unspecified atom stereocenters. The average Bonchev–Trinajstić information content (AvgIpc) is 2.87. The molecule has 0 bridgehead atoms. The average molecular weight is 548 g/mol. The summed E-state index contributed by atoms with van der Waals surface area (Å²) in [4.78, 5) is 17.2. The highest BCUT2D eigenvalue weighted by Crippen LogP contribution is 2.29. The molecule has 5 nitrogen and oxygen atoms in total. The molecule has 1 aliphatic heterocycles. The van der Waals surface area contributed by atoms with E-state index in [1.165, 1.54) is 17.3 Å². The van der Waals surface area contributed by atoms with Gasteiger partial charge in [-0.25, -0.2) is 0 Å². The quantitative estimate of drug-likeness (QED) is 0.266. The van der Waals surface area contributed by atoms with E-state index in [2.05, 4.69) is 87.4 Å². The summed E-state index contributed by atoms with van der Waals surface area (Å²) in [6, 6.07) is 30.9. The minimum atomic E-state index is -0.230. The zero-order chi connectivity index (χ0) is 23.0. The number of nitriles is 1. The van der Waals surface area contributed by atoms with Crippen LogP contribution in [0, 0.1) is 14.9 Å². The Bertz CT molecular complexity index is 1090. The van der Waals surface area contributed by atoms with E-state index in [1.807, 2.05) is 36.4 Å². The molecule has 1 amide bonds. The van der Waals surface area contributed by atoms with Gasteiger partial charge >= 0.3 is 0 Å². The zero-order valence-corrected chi connectivity index (χ0v) is 20.4. The van der Waals surface area contributed by atoms with Crippen molar-refractivity contribution < 1.29 is 4.79 Å². The van der Waals surface area contributed by atoms with Crippen molar-refractivity contribution in [3.8, 4) is 6.07 Å². The van der Waals surface area contributed by atoms with Gasteiger partial charge in [0, 0.05) is 41.6 Å². The Labute approximate surface area is 208 Å². The van der Waals surface area contributed by atoms with Gasteiger partial charge in [0.05, 0.1) is 6.04 Å². The van der Waals surface area contributed by atoms with Gasteiger partial charge in [0.2, 0.25) is 0 Å². The number of halogens is 1. The number of carbonyl (C=O) groups is 1. The third kappa shape index (κ3) is 5.81. The topological polar surface area (TPSA) is 59.4 Å². The second kappa shape index (κ2) is 11.1. The van der Waals surface area contributed by atoms with Crippen LogP contribution in [0.3, 0.4) is 0 Å². The fraction of sp³-hybridized carbons (Fsp3) is 0.185. The lowest BCUT2D eigenvalue weighted by Crippen LogP contribution is -2.50. The molecule has 1 saturated heterocycles. The van der Waals surface area contributed by atoms with Gasteiger partial charge in [-0.2, -0.15) is 5.26 Å². The number of hydrogen-bond acceptors (Lipinski definition) is 4. The maximum atomic E-state index is 13.0. The molecule has 0 aromatic heterocycles. The Hall–Kier alpha value is -3.15. The van der Waals surface area contributed by atoms with E-state index in [4.69, 9.17) is 0 Å². The number of anilines is 1. The van der Waals surface area contributed by atoms with Crippen LogP contribution in [0.5, 0.6) is 0 Å². The molecule has 166 valence electrons. The largest absolute Gasteiger partial charge is 0.360 e. The summed E-state index contributed by atoms with van der Waals surface area (Å²) in [7, 11) is 0. The summed E-state index contributed by atoms with van der Waals surface area (Å²) >= 11 is 2.24. The molecule has 3 aromatic rings. The van der Waals surface area contributed by atoms with Crippen molar-refractivity contribution in [1.29, 1.82) is 5.26 Å². The number of hydrogen-bond donors (Lipinski definition) is 1. The second-order valence-corrected chi connectivity index (χ2v) is 9.12. The van der Waals surface area contributed by atoms with Crippen LogP contribution in [0.15, 0.2) is 96.7 Å². The van der Waals surface area contributed by atoms with Crippen LogP contribution in [0.2, 0.25) is 0 Å². The van der Waals surface area contributed by atoms with E-state index in [0.29, 0.717) is 13.1 Å². The van der Waals surface area contributed by atoms with Gasteiger partial charge < -0.3 is 10.2 Å². The summed E-state index contributed by atoms with van der Waals surface area (Å²) in [5.74, 6) is -0.230. The van der Waals surface area contributed by atoms with Crippen LogP contribution < -0.4 is 5.32 Å². The van der Waals surface area contributed by atoms with Gasteiger partial charge in [0.15, 0.2) is 0 Å². The molecule has 3 aromatic carbocycles. The number of benzene rings is 3. The lowest BCUT2D eigenvalue weighted by atomic mass is 9.96. The zero-order valence-electron chi connectivity index (χ0n) is 18.2. The second-order valence-electron chi connectivity index (χ2n) is 7.87. The van der Waals surface area contributed by atoms with Crippen molar-refractivity contribution in [2.45, 2.75) is 6.04 Å². The SMILES string of the molecule is N#C/C(=C/Nc1ccc(I)cc1)C(=O)N1CCN(C(c2ccccc2)c2ccccc2)CC1. The molecule has 0 spiro atoms. The first-order valence-electron chi connectivity index (χ1n) is 10.9. The molecule has 1 heterocycles. The van der Waals surface area contributed by atoms with Gasteiger partial charge in [-0.15, -0.1) is 0 Å². The molecule has 0 atom stereocenters. The smallest absolute Gasteiger partial charge is 0.266 e. The summed E-state index contributed by atoms with van der Waals surface area (Å²) in [5, 5.41) is 12.6. The molecule has 0 radical (unpaired) electrons. The number of rotatable bonds is 6. The van der Waals surface area contributed by atoms with Crippen LogP contribution in [0.25, 0.3) is 0 Å². The highest BCUT2D eigenvalue weighted by Gasteiger charge is 2.29. The normalized spacial score (nSPS) is 14.7. The number of nitrogens with one attached hydrogen (secondary N) is 1. The number of nitrogens with zero attached hydrogens (tertiary/aromatic N) is 3. The molecular formula is C27H25IN4O. The van der Waals surface area contributed by atoms with Crippen LogP contribution in [-0.4, -0.2) is 41.9 Å². The fourth-order valence-corrected chi connectivity index (χ4v) is 4.44. The van der Waals surface area contributed by atoms with Crippen LogP contribution >= 0.6 is 22.6 Å². The van der Waals surface area contributed by atoms with Crippen molar-refractivity contribution in [3.63, 3.8) is 0 Å². The van der Waals surface area contributed by atoms with Crippen molar-refractivity contribution in [2.75, 3.05) is 31.5 Å². The minimum Gasteiger partial charge on any atom is -0.360 e. The molecule has 1 aliphatic rings. The molecule has 1 N–H and O–H groups in total. The Morgan fingerprint density at radius 2 is 1.42 bits per heavy atom. The van der Waals surface area contributed by atoms with Gasteiger partial charge in [-0.3, -0.25) is 9.69 Å². The Morgan fingerprint density at radius 1 is 0.879 bits per heavy atom. The standard InChI is InChI=1S/C27H25IN4O/c28-24-11-13-25(14-12-24)30-20-23(19-29)27(33)32-17-15-31(16-18-32)26(21-7-3-1-4-8-21)22-9-5-2-6-10-22/h1-14,20,26,30H,15-18H2/b23-20-. The predicted molar refractivity (Wildman–Crippen MR) is 139 cm³/mol. The summed E-state index contributed by atoms with van der Waals surface area (Å²) < 4.78 is 1.13. The van der Waals surface area contributed by atoms with Crippen molar-refractivity contribution in [1.82, 2.24) is 9.80 Å². The molecular weight excluding hydrogens is 523 g/mol. The van der Waals surface area contributed by atoms with E-state index in [-0.39, 0.29) is 17.5 Å². The lowest BCUT2D eigenvalue weighted by molar-refractivity contribution is -0.128. The van der Waals surface area contributed by atoms with Crippen molar-refractivity contribution in [2.24, 2.45) is 0 Å². The lowest BCUT2D eigenvalue weighted by Gasteiger charge is -2.39. The first-order chi connectivity index (χ1) is 16.2. The van der Waals surface area contributed by atoms with E-state index < -0.39 is 0 Å². The monoisotopic (exact) mass is 548 g/mol. The van der Waals surface area contributed by atoms with Crippen molar-refractivity contribution in [3.05, 3.63) is 111 Å². The Kier molecular flexibility index (Phi) is 7.76. The molecule has 0 aliphatic carbocycles. The number of carbonyl (C=O) groups excluding carboxylic acids is 1. The first kappa shape index (κ1) is 23.0. The number of amides is 1. The predicted octanol–water partition coefficient (Wildman–Crippen LogP) is 5.04. The Morgan fingerprint density at radius 3 is 1.94 bits per heavy atom. The van der Waals surface area contributed by atoms with E-state index in [0.717, 1.165) is 22.3 Å². The fourth-order valence-electron chi connectivity index (χ4n) is 4.08. The molecule has 6 heteroatoms. The minimum absolute atomic E-state index is 0.115. The number of piperazine rings is 1. The van der Waals surface area contributed by atoms with Gasteiger partial charge in [-0.1, -0.05) is 60.7 Å². The van der Waals surface area contributed by atoms with Crippen LogP contribution in [0.1, 0.15) is 17.2 Å². The highest BCUT2D eigenvalue weighted by atomic mass is 127. The third-order valence-electron chi connectivity index (χ3n) is 5.78. The van der Waals surface area contributed by atoms with E-state index >= 15 is 0 Å². The molecule has 1 fully saturated rings. The summed E-state index contributed by atoms with van der Waals surface area (Å²) in [5.41, 5.74) is 3.43.